The average Bonchev–Trinajstić information content (AvgIpc) is 2.54. The zero-order valence-electron chi connectivity index (χ0n) is 12.1. The third-order valence-corrected chi connectivity index (χ3v) is 2.94. The molecule has 0 aliphatic rings. The minimum Gasteiger partial charge on any atom is -0.497 e. The van der Waals surface area contributed by atoms with Crippen molar-refractivity contribution in [1.82, 2.24) is 4.98 Å². The summed E-state index contributed by atoms with van der Waals surface area (Å²) in [4.78, 5) is 15.6. The van der Waals surface area contributed by atoms with E-state index >= 15 is 0 Å². The lowest BCUT2D eigenvalue weighted by molar-refractivity contribution is -0.137. The first-order valence-electron chi connectivity index (χ1n) is 6.68. The third kappa shape index (κ3) is 3.92. The van der Waals surface area contributed by atoms with Gasteiger partial charge in [-0.1, -0.05) is 12.1 Å². The smallest absolute Gasteiger partial charge is 0.330 e. The van der Waals surface area contributed by atoms with E-state index < -0.39 is 0 Å². The van der Waals surface area contributed by atoms with Crippen LogP contribution in [0.25, 0.3) is 17.2 Å². The highest BCUT2D eigenvalue weighted by molar-refractivity contribution is 5.89. The second-order valence-electron chi connectivity index (χ2n) is 4.28. The van der Waals surface area contributed by atoms with Crippen molar-refractivity contribution in [1.29, 1.82) is 0 Å². The molecule has 0 bridgehead atoms. The molecule has 0 amide bonds. The highest BCUT2D eigenvalue weighted by atomic mass is 16.5. The van der Waals surface area contributed by atoms with Gasteiger partial charge in [0.05, 0.1) is 13.7 Å². The molecule has 0 spiro atoms. The number of carbonyl (C=O) groups is 1. The van der Waals surface area contributed by atoms with Crippen LogP contribution in [0.3, 0.4) is 0 Å². The summed E-state index contributed by atoms with van der Waals surface area (Å²) in [7, 11) is 1.63. The summed E-state index contributed by atoms with van der Waals surface area (Å²) >= 11 is 0. The summed E-state index contributed by atoms with van der Waals surface area (Å²) in [5.41, 5.74) is 2.86. The molecule has 0 saturated heterocycles. The Kier molecular flexibility index (Phi) is 5.10. The Morgan fingerprint density at radius 3 is 2.67 bits per heavy atom. The van der Waals surface area contributed by atoms with Gasteiger partial charge >= 0.3 is 5.97 Å². The fourth-order valence-electron chi connectivity index (χ4n) is 1.91. The van der Waals surface area contributed by atoms with Gasteiger partial charge in [0, 0.05) is 24.0 Å². The maximum atomic E-state index is 11.4. The number of carbonyl (C=O) groups excluding carboxylic acids is 1. The van der Waals surface area contributed by atoms with Gasteiger partial charge in [-0.05, 0) is 42.3 Å². The van der Waals surface area contributed by atoms with E-state index in [1.807, 2.05) is 30.3 Å². The van der Waals surface area contributed by atoms with Crippen LogP contribution in [0.5, 0.6) is 5.75 Å². The lowest BCUT2D eigenvalue weighted by atomic mass is 10.0. The van der Waals surface area contributed by atoms with Crippen LogP contribution in [0.4, 0.5) is 0 Å². The van der Waals surface area contributed by atoms with Crippen molar-refractivity contribution >= 4 is 12.0 Å². The van der Waals surface area contributed by atoms with Crippen LogP contribution in [-0.2, 0) is 9.53 Å². The van der Waals surface area contributed by atoms with Crippen LogP contribution >= 0.6 is 0 Å². The van der Waals surface area contributed by atoms with Crippen LogP contribution in [0, 0.1) is 0 Å². The third-order valence-electron chi connectivity index (χ3n) is 2.94. The predicted molar refractivity (Wildman–Crippen MR) is 81.9 cm³/mol. The standard InChI is InChI=1S/C17H17NO3/c1-3-21-17(19)9-6-14-10-11-18-12-16(14)13-4-7-15(20-2)8-5-13/h4-12H,3H2,1-2H3/b9-6+. The molecular weight excluding hydrogens is 266 g/mol. The molecule has 1 aromatic carbocycles. The molecule has 0 N–H and O–H groups in total. The summed E-state index contributed by atoms with van der Waals surface area (Å²) in [6, 6.07) is 9.55. The molecule has 0 atom stereocenters. The van der Waals surface area contributed by atoms with Crippen LogP contribution in [0.1, 0.15) is 12.5 Å². The minimum absolute atomic E-state index is 0.352. The van der Waals surface area contributed by atoms with Crippen molar-refractivity contribution in [2.24, 2.45) is 0 Å². The Hall–Kier alpha value is -2.62. The molecule has 2 aromatic rings. The highest BCUT2D eigenvalue weighted by Gasteiger charge is 2.04. The zero-order valence-corrected chi connectivity index (χ0v) is 12.1. The van der Waals surface area contributed by atoms with E-state index in [0.29, 0.717) is 6.61 Å². The van der Waals surface area contributed by atoms with Gasteiger partial charge in [0.2, 0.25) is 0 Å². The monoisotopic (exact) mass is 283 g/mol. The number of aromatic nitrogens is 1. The zero-order chi connectivity index (χ0) is 15.1. The summed E-state index contributed by atoms with van der Waals surface area (Å²) in [6.45, 7) is 2.14. The number of nitrogens with zero attached hydrogens (tertiary/aromatic N) is 1. The van der Waals surface area contributed by atoms with Gasteiger partial charge in [-0.3, -0.25) is 4.98 Å². The number of rotatable bonds is 5. The van der Waals surface area contributed by atoms with Gasteiger partial charge < -0.3 is 9.47 Å². The quantitative estimate of drug-likeness (QED) is 0.624. The predicted octanol–water partition coefficient (Wildman–Crippen LogP) is 3.33. The molecule has 2 rings (SSSR count). The summed E-state index contributed by atoms with van der Waals surface area (Å²) in [5.74, 6) is 0.446. The van der Waals surface area contributed by atoms with Gasteiger partial charge in [0.15, 0.2) is 0 Å². The van der Waals surface area contributed by atoms with E-state index in [-0.39, 0.29) is 5.97 Å². The number of ether oxygens (including phenoxy) is 2. The fraction of sp³-hybridized carbons (Fsp3) is 0.176. The van der Waals surface area contributed by atoms with Gasteiger partial charge in [-0.25, -0.2) is 4.79 Å². The van der Waals surface area contributed by atoms with E-state index in [2.05, 4.69) is 4.98 Å². The maximum Gasteiger partial charge on any atom is 0.330 e. The van der Waals surface area contributed by atoms with Crippen molar-refractivity contribution in [3.8, 4) is 16.9 Å². The molecule has 0 unspecified atom stereocenters. The molecule has 4 heteroatoms. The molecule has 0 fully saturated rings. The number of esters is 1. The lowest BCUT2D eigenvalue weighted by Gasteiger charge is -2.07. The van der Waals surface area contributed by atoms with E-state index in [4.69, 9.17) is 9.47 Å². The Bertz CT molecular complexity index is 633. The molecule has 0 saturated carbocycles. The Labute approximate surface area is 124 Å². The largest absolute Gasteiger partial charge is 0.497 e. The van der Waals surface area contributed by atoms with Crippen molar-refractivity contribution in [2.75, 3.05) is 13.7 Å². The maximum absolute atomic E-state index is 11.4. The van der Waals surface area contributed by atoms with Gasteiger partial charge in [-0.2, -0.15) is 0 Å². The first-order chi connectivity index (χ1) is 10.2. The van der Waals surface area contributed by atoms with Crippen molar-refractivity contribution < 1.29 is 14.3 Å². The summed E-state index contributed by atoms with van der Waals surface area (Å²) in [6.07, 6.45) is 6.62. The molecule has 0 aliphatic heterocycles. The van der Waals surface area contributed by atoms with Crippen LogP contribution < -0.4 is 4.74 Å². The fourth-order valence-corrected chi connectivity index (χ4v) is 1.91. The van der Waals surface area contributed by atoms with Gasteiger partial charge in [-0.15, -0.1) is 0 Å². The Balaban J connectivity index is 2.29. The number of benzene rings is 1. The normalized spacial score (nSPS) is 10.6. The first-order valence-corrected chi connectivity index (χ1v) is 6.68. The van der Waals surface area contributed by atoms with Crippen molar-refractivity contribution in [2.45, 2.75) is 6.92 Å². The minimum atomic E-state index is -0.352. The SMILES string of the molecule is CCOC(=O)/C=C/c1ccncc1-c1ccc(OC)cc1. The van der Waals surface area contributed by atoms with Gasteiger partial charge in [0.25, 0.3) is 0 Å². The number of hydrogen-bond acceptors (Lipinski definition) is 4. The molecular formula is C17H17NO3. The second-order valence-corrected chi connectivity index (χ2v) is 4.28. The average molecular weight is 283 g/mol. The Morgan fingerprint density at radius 2 is 2.00 bits per heavy atom. The van der Waals surface area contributed by atoms with E-state index in [9.17, 15) is 4.79 Å². The molecule has 0 radical (unpaired) electrons. The number of methoxy groups -OCH3 is 1. The van der Waals surface area contributed by atoms with E-state index in [1.54, 1.807) is 32.5 Å². The molecule has 1 aromatic heterocycles. The second kappa shape index (κ2) is 7.24. The van der Waals surface area contributed by atoms with Crippen LogP contribution in [0.15, 0.2) is 48.8 Å². The number of hydrogen-bond donors (Lipinski definition) is 0. The van der Waals surface area contributed by atoms with Crippen LogP contribution in [-0.4, -0.2) is 24.7 Å². The Morgan fingerprint density at radius 1 is 1.24 bits per heavy atom. The van der Waals surface area contributed by atoms with E-state index in [0.717, 1.165) is 22.4 Å². The van der Waals surface area contributed by atoms with Crippen LogP contribution in [0.2, 0.25) is 0 Å². The first kappa shape index (κ1) is 14.8. The molecule has 1 heterocycles. The summed E-state index contributed by atoms with van der Waals surface area (Å²) in [5, 5.41) is 0. The molecule has 4 nitrogen and oxygen atoms in total. The lowest BCUT2D eigenvalue weighted by Crippen LogP contribution is -1.98. The summed E-state index contributed by atoms with van der Waals surface area (Å²) < 4.78 is 10.0. The van der Waals surface area contributed by atoms with E-state index in [1.165, 1.54) is 6.08 Å². The topological polar surface area (TPSA) is 48.4 Å². The molecule has 108 valence electrons. The van der Waals surface area contributed by atoms with Crippen molar-refractivity contribution in [3.63, 3.8) is 0 Å². The van der Waals surface area contributed by atoms with Crippen molar-refractivity contribution in [3.05, 3.63) is 54.4 Å². The molecule has 21 heavy (non-hydrogen) atoms. The molecule has 0 aliphatic carbocycles. The van der Waals surface area contributed by atoms with Gasteiger partial charge in [0.1, 0.15) is 5.75 Å². The highest BCUT2D eigenvalue weighted by Crippen LogP contribution is 2.25. The number of pyridine rings is 1.